The Morgan fingerprint density at radius 3 is 2.57 bits per heavy atom. The van der Waals surface area contributed by atoms with Gasteiger partial charge in [-0.1, -0.05) is 13.0 Å². The van der Waals surface area contributed by atoms with Gasteiger partial charge in [-0.15, -0.1) is 0 Å². The minimum atomic E-state index is -0.000894. The Morgan fingerprint density at radius 2 is 1.80 bits per heavy atom. The Morgan fingerprint density at radius 1 is 1.00 bits per heavy atom. The number of aryl methyl sites for hydroxylation is 1. The first-order valence-corrected chi connectivity index (χ1v) is 10.2. The summed E-state index contributed by atoms with van der Waals surface area (Å²) in [5.41, 5.74) is 4.61. The highest BCUT2D eigenvalue weighted by Crippen LogP contribution is 2.23. The van der Waals surface area contributed by atoms with Gasteiger partial charge in [0.25, 0.3) is 5.56 Å². The lowest BCUT2D eigenvalue weighted by atomic mass is 9.95. The lowest BCUT2D eigenvalue weighted by Crippen LogP contribution is -2.24. The number of aromatic nitrogens is 3. The zero-order chi connectivity index (χ0) is 21.1. The fourth-order valence-electron chi connectivity index (χ4n) is 3.76. The van der Waals surface area contributed by atoms with Crippen molar-refractivity contribution < 1.29 is 0 Å². The molecule has 1 aromatic carbocycles. The summed E-state index contributed by atoms with van der Waals surface area (Å²) in [5, 5.41) is 0.971. The monoisotopic (exact) mass is 398 g/mol. The van der Waals surface area contributed by atoms with Crippen LogP contribution in [0.25, 0.3) is 16.7 Å². The predicted octanol–water partition coefficient (Wildman–Crippen LogP) is 4.58. The van der Waals surface area contributed by atoms with E-state index in [9.17, 15) is 4.79 Å². The summed E-state index contributed by atoms with van der Waals surface area (Å²) < 4.78 is 1.74. The van der Waals surface area contributed by atoms with Crippen LogP contribution in [0.15, 0.2) is 78.0 Å². The van der Waals surface area contributed by atoms with Crippen molar-refractivity contribution in [3.05, 3.63) is 94.7 Å². The molecule has 1 unspecified atom stereocenters. The number of fused-ring (bicyclic) bond motifs is 1. The highest BCUT2D eigenvalue weighted by atomic mass is 16.1. The third-order valence-electron chi connectivity index (χ3n) is 5.56. The van der Waals surface area contributed by atoms with Gasteiger partial charge in [-0.2, -0.15) is 0 Å². The summed E-state index contributed by atoms with van der Waals surface area (Å²) in [6.45, 7) is 2.19. The van der Waals surface area contributed by atoms with Crippen molar-refractivity contribution in [2.45, 2.75) is 25.7 Å². The van der Waals surface area contributed by atoms with Gasteiger partial charge >= 0.3 is 0 Å². The zero-order valence-electron chi connectivity index (χ0n) is 17.6. The maximum atomic E-state index is 13.5. The smallest absolute Gasteiger partial charge is 0.259 e. The van der Waals surface area contributed by atoms with Crippen LogP contribution in [-0.2, 0) is 6.42 Å². The summed E-state index contributed by atoms with van der Waals surface area (Å²) in [6, 6.07) is 18.0. The second-order valence-electron chi connectivity index (χ2n) is 7.86. The Balaban J connectivity index is 1.76. The molecule has 4 aromatic rings. The van der Waals surface area contributed by atoms with E-state index in [1.54, 1.807) is 10.8 Å². The van der Waals surface area contributed by atoms with Crippen molar-refractivity contribution in [2.75, 3.05) is 19.0 Å². The summed E-state index contributed by atoms with van der Waals surface area (Å²) in [6.07, 6.45) is 6.97. The van der Waals surface area contributed by atoms with E-state index < -0.39 is 0 Å². The average molecular weight is 399 g/mol. The van der Waals surface area contributed by atoms with Crippen LogP contribution < -0.4 is 10.5 Å². The van der Waals surface area contributed by atoms with Crippen molar-refractivity contribution >= 4 is 16.7 Å². The lowest BCUT2D eigenvalue weighted by molar-refractivity contribution is 0.673. The van der Waals surface area contributed by atoms with Gasteiger partial charge < -0.3 is 4.90 Å². The molecule has 0 aliphatic rings. The molecule has 152 valence electrons. The molecule has 0 saturated heterocycles. The Kier molecular flexibility index (Phi) is 5.61. The molecule has 30 heavy (non-hydrogen) atoms. The van der Waals surface area contributed by atoms with E-state index >= 15 is 0 Å². The Hall–Kier alpha value is -3.47. The second-order valence-corrected chi connectivity index (χ2v) is 7.86. The van der Waals surface area contributed by atoms with Gasteiger partial charge in [0, 0.05) is 49.3 Å². The number of benzene rings is 1. The first kappa shape index (κ1) is 19.8. The topological polar surface area (TPSA) is 51.0 Å². The van der Waals surface area contributed by atoms with Crippen LogP contribution in [0.1, 0.15) is 30.4 Å². The van der Waals surface area contributed by atoms with Crippen molar-refractivity contribution in [1.29, 1.82) is 0 Å². The number of hydrogen-bond acceptors (Lipinski definition) is 4. The van der Waals surface area contributed by atoms with Gasteiger partial charge in [-0.25, -0.2) is 4.98 Å². The highest BCUT2D eigenvalue weighted by molar-refractivity contribution is 5.77. The van der Waals surface area contributed by atoms with Crippen LogP contribution in [-0.4, -0.2) is 28.6 Å². The maximum absolute atomic E-state index is 13.5. The third kappa shape index (κ3) is 3.96. The third-order valence-corrected chi connectivity index (χ3v) is 5.56. The van der Waals surface area contributed by atoms with Gasteiger partial charge in [0.15, 0.2) is 0 Å². The minimum absolute atomic E-state index is 0.000894. The summed E-state index contributed by atoms with van der Waals surface area (Å²) in [4.78, 5) is 24.2. The number of rotatable bonds is 6. The first-order chi connectivity index (χ1) is 14.5. The molecule has 0 spiro atoms. The van der Waals surface area contributed by atoms with Crippen LogP contribution in [0.5, 0.6) is 0 Å². The summed E-state index contributed by atoms with van der Waals surface area (Å²) >= 11 is 0. The molecule has 0 radical (unpaired) electrons. The molecule has 0 amide bonds. The standard InChI is InChI=1S/C25H26N4O/c1-18(19-11-14-26-15-12-19)9-10-21-16-20-6-5-13-27-24(20)29(25(21)30)23-8-4-7-22(17-23)28(2)3/h4-8,11-18H,9-10H2,1-3H3. The lowest BCUT2D eigenvalue weighted by Gasteiger charge is -2.17. The van der Waals surface area contributed by atoms with Crippen molar-refractivity contribution in [3.8, 4) is 5.69 Å². The number of pyridine rings is 3. The Bertz CT molecular complexity index is 1210. The van der Waals surface area contributed by atoms with E-state index in [0.717, 1.165) is 28.7 Å². The van der Waals surface area contributed by atoms with Crippen LogP contribution >= 0.6 is 0 Å². The van der Waals surface area contributed by atoms with Gasteiger partial charge in [-0.3, -0.25) is 14.3 Å². The molecular formula is C25H26N4O. The quantitative estimate of drug-likeness (QED) is 0.477. The largest absolute Gasteiger partial charge is 0.378 e. The normalized spacial score (nSPS) is 12.1. The van der Waals surface area contributed by atoms with E-state index in [0.29, 0.717) is 18.0 Å². The van der Waals surface area contributed by atoms with Crippen molar-refractivity contribution in [3.63, 3.8) is 0 Å². The van der Waals surface area contributed by atoms with E-state index in [2.05, 4.69) is 16.9 Å². The average Bonchev–Trinajstić information content (AvgIpc) is 2.78. The number of anilines is 1. The zero-order valence-corrected chi connectivity index (χ0v) is 17.6. The highest BCUT2D eigenvalue weighted by Gasteiger charge is 2.14. The maximum Gasteiger partial charge on any atom is 0.259 e. The predicted molar refractivity (Wildman–Crippen MR) is 123 cm³/mol. The van der Waals surface area contributed by atoms with Crippen LogP contribution in [0.3, 0.4) is 0 Å². The van der Waals surface area contributed by atoms with Crippen LogP contribution in [0.4, 0.5) is 5.69 Å². The molecule has 3 aromatic heterocycles. The molecular weight excluding hydrogens is 372 g/mol. The van der Waals surface area contributed by atoms with Gasteiger partial charge in [0.05, 0.1) is 5.69 Å². The van der Waals surface area contributed by atoms with E-state index in [4.69, 9.17) is 0 Å². The molecule has 4 rings (SSSR count). The minimum Gasteiger partial charge on any atom is -0.378 e. The second kappa shape index (κ2) is 8.49. The fourth-order valence-corrected chi connectivity index (χ4v) is 3.76. The molecule has 5 nitrogen and oxygen atoms in total. The summed E-state index contributed by atoms with van der Waals surface area (Å²) in [7, 11) is 3.99. The van der Waals surface area contributed by atoms with Gasteiger partial charge in [-0.05, 0) is 72.9 Å². The fraction of sp³-hybridized carbons (Fsp3) is 0.240. The molecule has 0 fully saturated rings. The van der Waals surface area contributed by atoms with E-state index in [-0.39, 0.29) is 5.56 Å². The van der Waals surface area contributed by atoms with E-state index in [1.165, 1.54) is 5.56 Å². The number of nitrogens with zero attached hydrogens (tertiary/aromatic N) is 4. The number of hydrogen-bond donors (Lipinski definition) is 0. The van der Waals surface area contributed by atoms with Gasteiger partial charge in [0.2, 0.25) is 0 Å². The van der Waals surface area contributed by atoms with Gasteiger partial charge in [0.1, 0.15) is 5.65 Å². The molecule has 0 bridgehead atoms. The van der Waals surface area contributed by atoms with Crippen molar-refractivity contribution in [1.82, 2.24) is 14.5 Å². The molecule has 3 heterocycles. The van der Waals surface area contributed by atoms with E-state index in [1.807, 2.05) is 86.0 Å². The first-order valence-electron chi connectivity index (χ1n) is 10.2. The SMILES string of the molecule is CC(CCc1cc2cccnc2n(-c2cccc(N(C)C)c2)c1=O)c1ccncc1. The molecule has 0 saturated carbocycles. The molecule has 0 aliphatic carbocycles. The van der Waals surface area contributed by atoms with Crippen molar-refractivity contribution in [2.24, 2.45) is 0 Å². The molecule has 0 aliphatic heterocycles. The van der Waals surface area contributed by atoms with Crippen LogP contribution in [0, 0.1) is 0 Å². The molecule has 0 N–H and O–H groups in total. The Labute approximate surface area is 176 Å². The molecule has 5 heteroatoms. The van der Waals surface area contributed by atoms with Crippen LogP contribution in [0.2, 0.25) is 0 Å². The molecule has 1 atom stereocenters. The summed E-state index contributed by atoms with van der Waals surface area (Å²) in [5.74, 6) is 0.350.